The topological polar surface area (TPSA) is 47.5 Å². The summed E-state index contributed by atoms with van der Waals surface area (Å²) in [5, 5.41) is 15.4. The smallest absolute Gasteiger partial charge is 0.0810 e. The second kappa shape index (κ2) is 5.54. The lowest BCUT2D eigenvalue weighted by Gasteiger charge is -2.32. The van der Waals surface area contributed by atoms with Crippen molar-refractivity contribution in [3.8, 4) is 0 Å². The Morgan fingerprint density at radius 3 is 2.54 bits per heavy atom. The summed E-state index contributed by atoms with van der Waals surface area (Å²) in [5.74, 6) is 0. The molecule has 0 bridgehead atoms. The molecule has 4 heteroatoms. The zero-order chi connectivity index (χ0) is 9.68. The molecule has 0 amide bonds. The van der Waals surface area contributed by atoms with Crippen LogP contribution < -0.4 is 10.6 Å². The highest BCUT2D eigenvalue weighted by Gasteiger charge is 2.18. The lowest BCUT2D eigenvalue weighted by Crippen LogP contribution is -2.51. The molecule has 1 aliphatic heterocycles. The summed E-state index contributed by atoms with van der Waals surface area (Å²) in [7, 11) is 4.01. The van der Waals surface area contributed by atoms with Crippen LogP contribution in [0.1, 0.15) is 12.8 Å². The van der Waals surface area contributed by atoms with Crippen molar-refractivity contribution in [3.05, 3.63) is 0 Å². The largest absolute Gasteiger partial charge is 0.393 e. The number of likely N-dealkylation sites (tertiary alicyclic amines) is 1. The predicted molar refractivity (Wildman–Crippen MR) is 53.6 cm³/mol. The number of nitrogens with one attached hydrogen (secondary N) is 2. The van der Waals surface area contributed by atoms with Crippen molar-refractivity contribution in [2.24, 2.45) is 0 Å². The molecule has 1 rings (SSSR count). The maximum Gasteiger partial charge on any atom is 0.0810 e. The Morgan fingerprint density at radius 1 is 1.46 bits per heavy atom. The average molecular weight is 187 g/mol. The van der Waals surface area contributed by atoms with Crippen LogP contribution in [0.2, 0.25) is 0 Å². The van der Waals surface area contributed by atoms with Gasteiger partial charge in [-0.1, -0.05) is 0 Å². The van der Waals surface area contributed by atoms with Gasteiger partial charge in [-0.15, -0.1) is 0 Å². The van der Waals surface area contributed by atoms with Crippen LogP contribution in [0.15, 0.2) is 0 Å². The third-order valence-electron chi connectivity index (χ3n) is 2.69. The van der Waals surface area contributed by atoms with E-state index in [4.69, 9.17) is 5.11 Å². The summed E-state index contributed by atoms with van der Waals surface area (Å²) in [5.41, 5.74) is 0. The van der Waals surface area contributed by atoms with Gasteiger partial charge in [-0.25, -0.2) is 0 Å². The normalized spacial score (nSPS) is 23.3. The Balaban J connectivity index is 2.21. The van der Waals surface area contributed by atoms with Crippen LogP contribution in [-0.4, -0.2) is 56.0 Å². The van der Waals surface area contributed by atoms with Gasteiger partial charge in [0, 0.05) is 6.04 Å². The van der Waals surface area contributed by atoms with Crippen LogP contribution in [-0.2, 0) is 0 Å². The lowest BCUT2D eigenvalue weighted by molar-refractivity contribution is 0.178. The fraction of sp³-hybridized carbons (Fsp3) is 1.00. The third kappa shape index (κ3) is 3.60. The maximum absolute atomic E-state index is 8.97. The highest BCUT2D eigenvalue weighted by molar-refractivity contribution is 4.77. The average Bonchev–Trinajstić information content (AvgIpc) is 2.17. The summed E-state index contributed by atoms with van der Waals surface area (Å²) >= 11 is 0. The van der Waals surface area contributed by atoms with Gasteiger partial charge in [-0.05, 0) is 40.0 Å². The van der Waals surface area contributed by atoms with Crippen LogP contribution in [0.25, 0.3) is 0 Å². The number of aliphatic hydroxyl groups excluding tert-OH is 1. The van der Waals surface area contributed by atoms with Gasteiger partial charge >= 0.3 is 0 Å². The summed E-state index contributed by atoms with van der Waals surface area (Å²) in [6, 6.07) is 0.556. The quantitative estimate of drug-likeness (QED) is 0.505. The minimum atomic E-state index is 0.0495. The fourth-order valence-electron chi connectivity index (χ4n) is 1.69. The number of hydrogen-bond acceptors (Lipinski definition) is 4. The molecule has 13 heavy (non-hydrogen) atoms. The third-order valence-corrected chi connectivity index (χ3v) is 2.69. The molecule has 0 aliphatic carbocycles. The van der Waals surface area contributed by atoms with Gasteiger partial charge in [0.05, 0.1) is 12.8 Å². The Hall–Kier alpha value is -0.160. The standard InChI is InChI=1S/C9H21N3O/c1-10-9(7-13)11-8-3-5-12(2)6-4-8/h8-11,13H,3-7H2,1-2H3. The molecule has 78 valence electrons. The Morgan fingerprint density at radius 2 is 2.08 bits per heavy atom. The van der Waals surface area contributed by atoms with Crippen molar-refractivity contribution in [2.45, 2.75) is 25.0 Å². The van der Waals surface area contributed by atoms with Crippen LogP contribution in [0.3, 0.4) is 0 Å². The molecule has 1 fully saturated rings. The van der Waals surface area contributed by atoms with Crippen molar-refractivity contribution < 1.29 is 5.11 Å². The molecule has 1 saturated heterocycles. The molecule has 0 radical (unpaired) electrons. The van der Waals surface area contributed by atoms with Gasteiger partial charge in [-0.3, -0.25) is 5.32 Å². The summed E-state index contributed by atoms with van der Waals surface area (Å²) in [6.07, 6.45) is 2.40. The van der Waals surface area contributed by atoms with E-state index in [-0.39, 0.29) is 12.8 Å². The molecule has 1 heterocycles. The monoisotopic (exact) mass is 187 g/mol. The van der Waals surface area contributed by atoms with E-state index in [1.54, 1.807) is 0 Å². The number of rotatable bonds is 4. The van der Waals surface area contributed by atoms with Gasteiger partial charge in [0.15, 0.2) is 0 Å². The van der Waals surface area contributed by atoms with Gasteiger partial charge < -0.3 is 15.3 Å². The molecular weight excluding hydrogens is 166 g/mol. The fourth-order valence-corrected chi connectivity index (χ4v) is 1.69. The number of hydrogen-bond donors (Lipinski definition) is 3. The van der Waals surface area contributed by atoms with Crippen molar-refractivity contribution in [2.75, 3.05) is 33.8 Å². The molecule has 0 spiro atoms. The van der Waals surface area contributed by atoms with Gasteiger partial charge in [0.1, 0.15) is 0 Å². The SMILES string of the molecule is CNC(CO)NC1CCN(C)CC1. The summed E-state index contributed by atoms with van der Waals surface area (Å²) in [6.45, 7) is 2.46. The van der Waals surface area contributed by atoms with Crippen LogP contribution >= 0.6 is 0 Å². The van der Waals surface area contributed by atoms with E-state index in [1.165, 1.54) is 12.8 Å². The minimum Gasteiger partial charge on any atom is -0.393 e. The summed E-state index contributed by atoms with van der Waals surface area (Å²) in [4.78, 5) is 2.34. The Kier molecular flexibility index (Phi) is 4.66. The molecular formula is C9H21N3O. The van der Waals surface area contributed by atoms with Crippen molar-refractivity contribution >= 4 is 0 Å². The zero-order valence-electron chi connectivity index (χ0n) is 8.58. The Bertz CT molecular complexity index is 131. The van der Waals surface area contributed by atoms with Crippen LogP contribution in [0.5, 0.6) is 0 Å². The van der Waals surface area contributed by atoms with Crippen molar-refractivity contribution in [1.82, 2.24) is 15.5 Å². The molecule has 4 nitrogen and oxygen atoms in total. The van der Waals surface area contributed by atoms with E-state index in [9.17, 15) is 0 Å². The van der Waals surface area contributed by atoms with E-state index in [0.29, 0.717) is 6.04 Å². The van der Waals surface area contributed by atoms with Crippen molar-refractivity contribution in [1.29, 1.82) is 0 Å². The lowest BCUT2D eigenvalue weighted by atomic mass is 10.1. The van der Waals surface area contributed by atoms with Gasteiger partial charge in [0.25, 0.3) is 0 Å². The molecule has 1 aliphatic rings. The maximum atomic E-state index is 8.97. The first kappa shape index (κ1) is 10.9. The first-order chi connectivity index (χ1) is 6.26. The second-order valence-corrected chi connectivity index (χ2v) is 3.77. The minimum absolute atomic E-state index is 0.0495. The molecule has 1 unspecified atom stereocenters. The van der Waals surface area contributed by atoms with E-state index >= 15 is 0 Å². The highest BCUT2D eigenvalue weighted by Crippen LogP contribution is 2.08. The Labute approximate surface area is 80.3 Å². The molecule has 3 N–H and O–H groups in total. The molecule has 1 atom stereocenters. The predicted octanol–water partition coefficient (Wildman–Crippen LogP) is -0.792. The summed E-state index contributed by atoms with van der Waals surface area (Å²) < 4.78 is 0. The zero-order valence-corrected chi connectivity index (χ0v) is 8.58. The van der Waals surface area contributed by atoms with E-state index in [2.05, 4.69) is 22.6 Å². The van der Waals surface area contributed by atoms with Crippen LogP contribution in [0, 0.1) is 0 Å². The molecule has 0 aromatic heterocycles. The number of likely N-dealkylation sites (N-methyl/N-ethyl adjacent to an activating group) is 1. The second-order valence-electron chi connectivity index (χ2n) is 3.77. The van der Waals surface area contributed by atoms with E-state index in [1.807, 2.05) is 7.05 Å². The highest BCUT2D eigenvalue weighted by atomic mass is 16.3. The number of aliphatic hydroxyl groups is 1. The number of piperidine rings is 1. The van der Waals surface area contributed by atoms with Gasteiger partial charge in [-0.2, -0.15) is 0 Å². The number of nitrogens with zero attached hydrogens (tertiary/aromatic N) is 1. The molecule has 0 saturated carbocycles. The van der Waals surface area contributed by atoms with Gasteiger partial charge in [0.2, 0.25) is 0 Å². The van der Waals surface area contributed by atoms with Crippen LogP contribution in [0.4, 0.5) is 0 Å². The van der Waals surface area contributed by atoms with E-state index < -0.39 is 0 Å². The first-order valence-electron chi connectivity index (χ1n) is 4.99. The molecule has 0 aromatic carbocycles. The molecule has 0 aromatic rings. The van der Waals surface area contributed by atoms with Crippen molar-refractivity contribution in [3.63, 3.8) is 0 Å². The first-order valence-corrected chi connectivity index (χ1v) is 4.99. The van der Waals surface area contributed by atoms with E-state index in [0.717, 1.165) is 13.1 Å².